The molecule has 0 unspecified atom stereocenters. The highest BCUT2D eigenvalue weighted by molar-refractivity contribution is 6.60. The maximum atomic E-state index is 9.38. The average Bonchev–Trinajstić information content (AvgIpc) is 2.45. The van der Waals surface area contributed by atoms with Gasteiger partial charge in [0.05, 0.1) is 5.88 Å². The molecular weight excluding hydrogens is 262 g/mol. The van der Waals surface area contributed by atoms with E-state index in [2.05, 4.69) is 0 Å². The monoisotopic (exact) mass is 276 g/mol. The first-order valence-electron chi connectivity index (χ1n) is 5.96. The molecule has 5 heteroatoms. The van der Waals surface area contributed by atoms with E-state index in [1.165, 1.54) is 0 Å². The molecule has 0 bridgehead atoms. The van der Waals surface area contributed by atoms with Gasteiger partial charge < -0.3 is 14.8 Å². The summed E-state index contributed by atoms with van der Waals surface area (Å²) in [6.45, 7) is 0.440. The van der Waals surface area contributed by atoms with E-state index < -0.39 is 7.12 Å². The largest absolute Gasteiger partial charge is 0.492 e. The lowest BCUT2D eigenvalue weighted by molar-refractivity contribution is 0.343. The number of hydrogen-bond donors (Lipinski definition) is 2. The first-order valence-corrected chi connectivity index (χ1v) is 6.50. The van der Waals surface area contributed by atoms with E-state index in [0.29, 0.717) is 23.7 Å². The topological polar surface area (TPSA) is 49.7 Å². The summed E-state index contributed by atoms with van der Waals surface area (Å²) >= 11 is 5.58. The lowest BCUT2D eigenvalue weighted by atomic mass is 9.75. The van der Waals surface area contributed by atoms with Crippen molar-refractivity contribution in [3.05, 3.63) is 48.5 Å². The second-order valence-corrected chi connectivity index (χ2v) is 4.40. The van der Waals surface area contributed by atoms with Crippen molar-refractivity contribution in [2.24, 2.45) is 0 Å². The fraction of sp³-hybridized carbons (Fsp3) is 0.143. The lowest BCUT2D eigenvalue weighted by Gasteiger charge is -2.10. The Hall–Kier alpha value is -1.49. The molecule has 0 saturated carbocycles. The molecule has 0 saturated heterocycles. The van der Waals surface area contributed by atoms with Gasteiger partial charge in [0.15, 0.2) is 0 Å². The van der Waals surface area contributed by atoms with Gasteiger partial charge in [-0.25, -0.2) is 0 Å². The Balaban J connectivity index is 2.36. The molecule has 3 nitrogen and oxygen atoms in total. The first kappa shape index (κ1) is 13.9. The minimum Gasteiger partial charge on any atom is -0.492 e. The lowest BCUT2D eigenvalue weighted by Crippen LogP contribution is -2.31. The van der Waals surface area contributed by atoms with Crippen LogP contribution in [0.3, 0.4) is 0 Å². The minimum atomic E-state index is -1.50. The van der Waals surface area contributed by atoms with Gasteiger partial charge in [0.25, 0.3) is 0 Å². The molecule has 0 aliphatic heterocycles. The Morgan fingerprint density at radius 3 is 2.58 bits per heavy atom. The predicted octanol–water partition coefficient (Wildman–Crippen LogP) is 1.65. The van der Waals surface area contributed by atoms with Crippen LogP contribution in [0.25, 0.3) is 11.1 Å². The molecule has 98 valence electrons. The van der Waals surface area contributed by atoms with Crippen molar-refractivity contribution >= 4 is 24.2 Å². The van der Waals surface area contributed by atoms with Gasteiger partial charge in [-0.3, -0.25) is 0 Å². The molecule has 0 aromatic heterocycles. The zero-order valence-electron chi connectivity index (χ0n) is 10.3. The summed E-state index contributed by atoms with van der Waals surface area (Å²) in [7, 11) is -1.50. The number of benzene rings is 2. The van der Waals surface area contributed by atoms with Gasteiger partial charge in [0.2, 0.25) is 0 Å². The van der Waals surface area contributed by atoms with Crippen LogP contribution in [0, 0.1) is 0 Å². The Kier molecular flexibility index (Phi) is 4.85. The van der Waals surface area contributed by atoms with Crippen LogP contribution in [-0.4, -0.2) is 29.7 Å². The zero-order chi connectivity index (χ0) is 13.7. The third-order valence-electron chi connectivity index (χ3n) is 2.73. The number of alkyl halides is 1. The smallest absolute Gasteiger partial charge is 0.489 e. The Labute approximate surface area is 117 Å². The highest BCUT2D eigenvalue weighted by Crippen LogP contribution is 2.22. The number of halogens is 1. The second-order valence-electron chi connectivity index (χ2n) is 4.03. The molecule has 2 N–H and O–H groups in total. The van der Waals surface area contributed by atoms with Crippen LogP contribution in [0.15, 0.2) is 48.5 Å². The molecule has 0 spiro atoms. The molecule has 0 amide bonds. The van der Waals surface area contributed by atoms with Crippen molar-refractivity contribution in [1.82, 2.24) is 0 Å². The molecule has 0 aliphatic rings. The van der Waals surface area contributed by atoms with E-state index in [1.54, 1.807) is 12.1 Å². The van der Waals surface area contributed by atoms with Crippen LogP contribution in [0.1, 0.15) is 0 Å². The molecule has 0 radical (unpaired) electrons. The van der Waals surface area contributed by atoms with Crippen molar-refractivity contribution in [3.63, 3.8) is 0 Å². The predicted molar refractivity (Wildman–Crippen MR) is 77.9 cm³/mol. The second kappa shape index (κ2) is 6.61. The SMILES string of the molecule is OB(O)c1ccccc1-c1cccc(OCCCl)c1. The third kappa shape index (κ3) is 3.50. The molecule has 2 rings (SSSR count). The Morgan fingerprint density at radius 2 is 1.84 bits per heavy atom. The molecule has 19 heavy (non-hydrogen) atoms. The maximum Gasteiger partial charge on any atom is 0.489 e. The minimum absolute atomic E-state index is 0.427. The van der Waals surface area contributed by atoms with Crippen LogP contribution in [0.2, 0.25) is 0 Å². The summed E-state index contributed by atoms with van der Waals surface area (Å²) in [4.78, 5) is 0. The molecule has 0 aliphatic carbocycles. The first-order chi connectivity index (χ1) is 9.22. The summed E-state index contributed by atoms with van der Waals surface area (Å²) < 4.78 is 5.46. The Bertz CT molecular complexity index is 546. The van der Waals surface area contributed by atoms with Gasteiger partial charge in [-0.05, 0) is 28.7 Å². The van der Waals surface area contributed by atoms with Crippen molar-refractivity contribution in [1.29, 1.82) is 0 Å². The normalized spacial score (nSPS) is 10.3. The van der Waals surface area contributed by atoms with E-state index in [9.17, 15) is 10.0 Å². The molecule has 0 atom stereocenters. The van der Waals surface area contributed by atoms with Crippen molar-refractivity contribution < 1.29 is 14.8 Å². The summed E-state index contributed by atoms with van der Waals surface area (Å²) in [5.41, 5.74) is 2.11. The van der Waals surface area contributed by atoms with Crippen LogP contribution in [-0.2, 0) is 0 Å². The number of hydrogen-bond acceptors (Lipinski definition) is 3. The summed E-state index contributed by atoms with van der Waals surface area (Å²) in [5.74, 6) is 1.14. The van der Waals surface area contributed by atoms with E-state index in [-0.39, 0.29) is 0 Å². The van der Waals surface area contributed by atoms with Gasteiger partial charge in [0.1, 0.15) is 12.4 Å². The fourth-order valence-electron chi connectivity index (χ4n) is 1.89. The van der Waals surface area contributed by atoms with Gasteiger partial charge in [0, 0.05) is 0 Å². The molecule has 0 heterocycles. The molecule has 0 fully saturated rings. The summed E-state index contributed by atoms with van der Waals surface area (Å²) in [5, 5.41) is 18.8. The fourth-order valence-corrected chi connectivity index (χ4v) is 1.97. The van der Waals surface area contributed by atoms with E-state index >= 15 is 0 Å². The van der Waals surface area contributed by atoms with Crippen LogP contribution in [0.5, 0.6) is 5.75 Å². The van der Waals surface area contributed by atoms with E-state index in [0.717, 1.165) is 11.1 Å². The quantitative estimate of drug-likeness (QED) is 0.645. The zero-order valence-corrected chi connectivity index (χ0v) is 11.0. The van der Waals surface area contributed by atoms with Crippen molar-refractivity contribution in [2.75, 3.05) is 12.5 Å². The highest BCUT2D eigenvalue weighted by Gasteiger charge is 2.16. The van der Waals surface area contributed by atoms with Gasteiger partial charge in [-0.15, -0.1) is 11.6 Å². The van der Waals surface area contributed by atoms with Crippen LogP contribution >= 0.6 is 11.6 Å². The van der Waals surface area contributed by atoms with Crippen LogP contribution in [0.4, 0.5) is 0 Å². The molecule has 2 aromatic rings. The van der Waals surface area contributed by atoms with Crippen molar-refractivity contribution in [2.45, 2.75) is 0 Å². The average molecular weight is 277 g/mol. The maximum absolute atomic E-state index is 9.38. The molecular formula is C14H14BClO3. The summed E-state index contributed by atoms with van der Waals surface area (Å²) in [6, 6.07) is 14.6. The van der Waals surface area contributed by atoms with Crippen molar-refractivity contribution in [3.8, 4) is 16.9 Å². The number of ether oxygens (including phenoxy) is 1. The summed E-state index contributed by atoms with van der Waals surface area (Å²) in [6.07, 6.45) is 0. The standard InChI is InChI=1S/C14H14BClO3/c16-8-9-19-12-5-3-4-11(10-12)13-6-1-2-7-14(13)15(17)18/h1-7,10,17-18H,8-9H2. The van der Waals surface area contributed by atoms with E-state index in [1.807, 2.05) is 36.4 Å². The third-order valence-corrected chi connectivity index (χ3v) is 2.88. The van der Waals surface area contributed by atoms with Gasteiger partial charge in [-0.1, -0.05) is 36.4 Å². The van der Waals surface area contributed by atoms with E-state index in [4.69, 9.17) is 16.3 Å². The highest BCUT2D eigenvalue weighted by atomic mass is 35.5. The van der Waals surface area contributed by atoms with Crippen LogP contribution < -0.4 is 10.2 Å². The van der Waals surface area contributed by atoms with Gasteiger partial charge >= 0.3 is 7.12 Å². The number of rotatable bonds is 5. The Morgan fingerprint density at radius 1 is 1.05 bits per heavy atom. The van der Waals surface area contributed by atoms with Gasteiger partial charge in [-0.2, -0.15) is 0 Å². The molecule has 2 aromatic carbocycles.